The summed E-state index contributed by atoms with van der Waals surface area (Å²) in [7, 11) is 0. The van der Waals surface area contributed by atoms with Gasteiger partial charge in [-0.25, -0.2) is 0 Å². The van der Waals surface area contributed by atoms with Crippen LogP contribution in [0.4, 0.5) is 0 Å². The molecule has 0 saturated carbocycles. The van der Waals surface area contributed by atoms with Gasteiger partial charge in [-0.2, -0.15) is 0 Å². The van der Waals surface area contributed by atoms with Crippen molar-refractivity contribution in [1.29, 1.82) is 0 Å². The molecule has 0 aliphatic rings. The Morgan fingerprint density at radius 3 is 2.57 bits per heavy atom. The van der Waals surface area contributed by atoms with E-state index in [1.54, 1.807) is 6.20 Å². The van der Waals surface area contributed by atoms with Crippen LogP contribution < -0.4 is 4.74 Å². The highest BCUT2D eigenvalue weighted by molar-refractivity contribution is 6.36. The molecule has 0 spiro atoms. The van der Waals surface area contributed by atoms with Gasteiger partial charge in [0.15, 0.2) is 0 Å². The van der Waals surface area contributed by atoms with Gasteiger partial charge in [0.05, 0.1) is 10.5 Å². The van der Waals surface area contributed by atoms with Crippen molar-refractivity contribution in [3.8, 4) is 11.5 Å². The molecule has 0 unspecified atom stereocenters. The fourth-order valence-electron chi connectivity index (χ4n) is 2.14. The van der Waals surface area contributed by atoms with Gasteiger partial charge in [0.25, 0.3) is 0 Å². The molecule has 4 heteroatoms. The van der Waals surface area contributed by atoms with Crippen LogP contribution in [0, 0.1) is 0 Å². The van der Waals surface area contributed by atoms with E-state index >= 15 is 0 Å². The molecular formula is C17H13Cl2NO. The van der Waals surface area contributed by atoms with Gasteiger partial charge in [-0.05, 0) is 42.3 Å². The largest absolute Gasteiger partial charge is 0.457 e. The number of ether oxygens (including phenoxy) is 1. The van der Waals surface area contributed by atoms with Crippen LogP contribution in [0.25, 0.3) is 10.9 Å². The quantitative estimate of drug-likeness (QED) is 0.596. The average Bonchev–Trinajstić information content (AvgIpc) is 2.52. The summed E-state index contributed by atoms with van der Waals surface area (Å²) < 4.78 is 5.83. The van der Waals surface area contributed by atoms with Gasteiger partial charge in [0.2, 0.25) is 0 Å². The zero-order chi connectivity index (χ0) is 14.7. The second kappa shape index (κ2) is 6.33. The standard InChI is InChI=1S/C17H13Cl2NO/c18-9-8-12-11-20-16-7-6-14(10-15(16)17(12)19)21-13-4-2-1-3-5-13/h1-7,10-11H,8-9H2. The molecule has 0 radical (unpaired) electrons. The number of alkyl halides is 1. The van der Waals surface area contributed by atoms with Crippen LogP contribution in [0.3, 0.4) is 0 Å². The Bertz CT molecular complexity index is 759. The van der Waals surface area contributed by atoms with Crippen molar-refractivity contribution in [2.75, 3.05) is 5.88 Å². The van der Waals surface area contributed by atoms with Crippen LogP contribution in [-0.4, -0.2) is 10.9 Å². The third kappa shape index (κ3) is 3.12. The molecule has 0 bridgehead atoms. The first-order valence-corrected chi connectivity index (χ1v) is 7.55. The Morgan fingerprint density at radius 1 is 1.00 bits per heavy atom. The second-order valence-electron chi connectivity index (χ2n) is 4.63. The molecule has 2 nitrogen and oxygen atoms in total. The maximum Gasteiger partial charge on any atom is 0.128 e. The van der Waals surface area contributed by atoms with Gasteiger partial charge in [-0.15, -0.1) is 11.6 Å². The maximum absolute atomic E-state index is 6.44. The zero-order valence-corrected chi connectivity index (χ0v) is 12.7. The van der Waals surface area contributed by atoms with E-state index in [9.17, 15) is 0 Å². The van der Waals surface area contributed by atoms with Crippen LogP contribution in [0.1, 0.15) is 5.56 Å². The van der Waals surface area contributed by atoms with E-state index in [0.29, 0.717) is 17.3 Å². The van der Waals surface area contributed by atoms with Crippen molar-refractivity contribution in [3.63, 3.8) is 0 Å². The predicted molar refractivity (Wildman–Crippen MR) is 87.7 cm³/mol. The summed E-state index contributed by atoms with van der Waals surface area (Å²) in [6.45, 7) is 0. The summed E-state index contributed by atoms with van der Waals surface area (Å²) in [6, 6.07) is 15.3. The van der Waals surface area contributed by atoms with Gasteiger partial charge in [0.1, 0.15) is 11.5 Å². The minimum Gasteiger partial charge on any atom is -0.457 e. The molecule has 1 heterocycles. The van der Waals surface area contributed by atoms with Crippen molar-refractivity contribution in [1.82, 2.24) is 4.98 Å². The first kappa shape index (κ1) is 14.2. The maximum atomic E-state index is 6.44. The highest BCUT2D eigenvalue weighted by atomic mass is 35.5. The number of para-hydroxylation sites is 1. The zero-order valence-electron chi connectivity index (χ0n) is 11.2. The lowest BCUT2D eigenvalue weighted by atomic mass is 10.1. The molecule has 0 fully saturated rings. The average molecular weight is 318 g/mol. The summed E-state index contributed by atoms with van der Waals surface area (Å²) in [5.41, 5.74) is 1.80. The Kier molecular flexibility index (Phi) is 4.28. The SMILES string of the molecule is ClCCc1cnc2ccc(Oc3ccccc3)cc2c1Cl. The van der Waals surface area contributed by atoms with Crippen molar-refractivity contribution in [2.24, 2.45) is 0 Å². The second-order valence-corrected chi connectivity index (χ2v) is 5.39. The lowest BCUT2D eigenvalue weighted by molar-refractivity contribution is 0.483. The van der Waals surface area contributed by atoms with Crippen molar-refractivity contribution in [2.45, 2.75) is 6.42 Å². The summed E-state index contributed by atoms with van der Waals surface area (Å²) in [6.07, 6.45) is 2.48. The van der Waals surface area contributed by atoms with E-state index in [1.807, 2.05) is 48.5 Å². The van der Waals surface area contributed by atoms with Gasteiger partial charge in [-0.1, -0.05) is 29.8 Å². The van der Waals surface area contributed by atoms with Gasteiger partial charge >= 0.3 is 0 Å². The van der Waals surface area contributed by atoms with E-state index < -0.39 is 0 Å². The number of hydrogen-bond acceptors (Lipinski definition) is 2. The van der Waals surface area contributed by atoms with E-state index in [4.69, 9.17) is 27.9 Å². The number of nitrogens with zero attached hydrogens (tertiary/aromatic N) is 1. The number of rotatable bonds is 4. The Morgan fingerprint density at radius 2 is 1.81 bits per heavy atom. The highest BCUT2D eigenvalue weighted by Crippen LogP contribution is 2.31. The third-order valence-electron chi connectivity index (χ3n) is 3.19. The summed E-state index contributed by atoms with van der Waals surface area (Å²) in [5, 5.41) is 1.58. The molecule has 0 saturated heterocycles. The van der Waals surface area contributed by atoms with E-state index in [-0.39, 0.29) is 0 Å². The molecule has 2 aromatic carbocycles. The summed E-state index contributed by atoms with van der Waals surface area (Å²) >= 11 is 12.2. The molecular weight excluding hydrogens is 305 g/mol. The van der Waals surface area contributed by atoms with Crippen molar-refractivity contribution < 1.29 is 4.74 Å². The van der Waals surface area contributed by atoms with Gasteiger partial charge in [-0.3, -0.25) is 4.98 Å². The molecule has 0 atom stereocenters. The van der Waals surface area contributed by atoms with Crippen LogP contribution in [0.5, 0.6) is 11.5 Å². The van der Waals surface area contributed by atoms with E-state index in [2.05, 4.69) is 4.98 Å². The molecule has 21 heavy (non-hydrogen) atoms. The monoisotopic (exact) mass is 317 g/mol. The summed E-state index contributed by atoms with van der Waals surface area (Å²) in [5.74, 6) is 2.05. The summed E-state index contributed by atoms with van der Waals surface area (Å²) in [4.78, 5) is 4.41. The molecule has 1 aromatic heterocycles. The first-order chi connectivity index (χ1) is 10.3. The Labute approximate surface area is 133 Å². The Hall–Kier alpha value is -1.77. The van der Waals surface area contributed by atoms with Crippen LogP contribution in [-0.2, 0) is 6.42 Å². The van der Waals surface area contributed by atoms with Crippen LogP contribution in [0.15, 0.2) is 54.7 Å². The smallest absolute Gasteiger partial charge is 0.128 e. The number of aromatic nitrogens is 1. The molecule has 3 aromatic rings. The molecule has 0 aliphatic carbocycles. The van der Waals surface area contributed by atoms with Crippen LogP contribution >= 0.6 is 23.2 Å². The lowest BCUT2D eigenvalue weighted by Gasteiger charge is -2.09. The minimum absolute atomic E-state index is 0.521. The van der Waals surface area contributed by atoms with Crippen LogP contribution in [0.2, 0.25) is 5.02 Å². The molecule has 3 rings (SSSR count). The lowest BCUT2D eigenvalue weighted by Crippen LogP contribution is -1.92. The minimum atomic E-state index is 0.521. The number of aryl methyl sites for hydroxylation is 1. The Balaban J connectivity index is 2.00. The number of fused-ring (bicyclic) bond motifs is 1. The number of benzene rings is 2. The highest BCUT2D eigenvalue weighted by Gasteiger charge is 2.08. The van der Waals surface area contributed by atoms with E-state index in [0.717, 1.165) is 28.0 Å². The topological polar surface area (TPSA) is 22.1 Å². The van der Waals surface area contributed by atoms with E-state index in [1.165, 1.54) is 0 Å². The van der Waals surface area contributed by atoms with Gasteiger partial charge in [0, 0.05) is 17.5 Å². The predicted octanol–water partition coefficient (Wildman–Crippen LogP) is 5.46. The first-order valence-electron chi connectivity index (χ1n) is 6.64. The molecule has 106 valence electrons. The van der Waals surface area contributed by atoms with Gasteiger partial charge < -0.3 is 4.74 Å². The molecule has 0 aliphatic heterocycles. The number of hydrogen-bond donors (Lipinski definition) is 0. The van der Waals surface area contributed by atoms with Crippen molar-refractivity contribution >= 4 is 34.1 Å². The third-order valence-corrected chi connectivity index (χ3v) is 3.82. The normalized spacial score (nSPS) is 10.8. The molecule has 0 amide bonds. The fraction of sp³-hybridized carbons (Fsp3) is 0.118. The fourth-order valence-corrected chi connectivity index (χ4v) is 2.64. The van der Waals surface area contributed by atoms with Crippen molar-refractivity contribution in [3.05, 3.63) is 65.3 Å². The molecule has 0 N–H and O–H groups in total. The number of pyridine rings is 1. The number of halogens is 2.